The smallest absolute Gasteiger partial charge is 0.270 e. The summed E-state index contributed by atoms with van der Waals surface area (Å²) in [4.78, 5) is 17.6. The summed E-state index contributed by atoms with van der Waals surface area (Å²) in [6.07, 6.45) is 9.21. The number of allylic oxidation sites excluding steroid dienone is 5. The van der Waals surface area contributed by atoms with Gasteiger partial charge in [-0.3, -0.25) is 9.79 Å². The van der Waals surface area contributed by atoms with Crippen molar-refractivity contribution in [2.45, 2.75) is 38.2 Å². The highest BCUT2D eigenvalue weighted by Gasteiger charge is 2.40. The molecule has 5 heteroatoms. The summed E-state index contributed by atoms with van der Waals surface area (Å²) in [7, 11) is 0. The first kappa shape index (κ1) is 17.8. The first-order chi connectivity index (χ1) is 13.1. The van der Waals surface area contributed by atoms with Crippen LogP contribution in [0.2, 0.25) is 0 Å². The van der Waals surface area contributed by atoms with Gasteiger partial charge in [0, 0.05) is 11.6 Å². The molecular weight excluding hydrogens is 346 g/mol. The maximum Gasteiger partial charge on any atom is 0.270 e. The van der Waals surface area contributed by atoms with Crippen LogP contribution in [0.25, 0.3) is 0 Å². The van der Waals surface area contributed by atoms with E-state index in [0.29, 0.717) is 17.2 Å². The third-order valence-electron chi connectivity index (χ3n) is 5.30. The van der Waals surface area contributed by atoms with E-state index in [1.54, 1.807) is 30.3 Å². The molecule has 4 rings (SSSR count). The van der Waals surface area contributed by atoms with E-state index in [9.17, 15) is 13.6 Å². The molecule has 0 bridgehead atoms. The molecule has 2 aliphatic carbocycles. The number of alkyl halides is 2. The lowest BCUT2D eigenvalue weighted by molar-refractivity contribution is -0.119. The van der Waals surface area contributed by atoms with Gasteiger partial charge in [0.15, 0.2) is 0 Å². The first-order valence-electron chi connectivity index (χ1n) is 9.45. The summed E-state index contributed by atoms with van der Waals surface area (Å²) in [5, 5.41) is 2.52. The molecule has 1 N–H and O–H groups in total. The van der Waals surface area contributed by atoms with Crippen molar-refractivity contribution < 1.29 is 13.6 Å². The van der Waals surface area contributed by atoms with Crippen LogP contribution in [0.5, 0.6) is 0 Å². The molecule has 1 fully saturated rings. The highest BCUT2D eigenvalue weighted by atomic mass is 19.3. The number of benzene rings is 1. The zero-order valence-corrected chi connectivity index (χ0v) is 14.9. The highest BCUT2D eigenvalue weighted by molar-refractivity contribution is 6.06. The second kappa shape index (κ2) is 7.59. The van der Waals surface area contributed by atoms with Crippen molar-refractivity contribution in [1.82, 2.24) is 5.32 Å². The summed E-state index contributed by atoms with van der Waals surface area (Å²) in [6, 6.07) is 7.01. The Balaban J connectivity index is 1.63. The lowest BCUT2D eigenvalue weighted by atomic mass is 9.87. The molecule has 1 heterocycles. The Bertz CT molecular complexity index is 835. The van der Waals surface area contributed by atoms with Gasteiger partial charge in [0.1, 0.15) is 11.7 Å². The van der Waals surface area contributed by atoms with Crippen LogP contribution < -0.4 is 5.32 Å². The second-order valence-corrected chi connectivity index (χ2v) is 7.23. The van der Waals surface area contributed by atoms with Crippen LogP contribution in [0.4, 0.5) is 8.78 Å². The predicted molar refractivity (Wildman–Crippen MR) is 102 cm³/mol. The van der Waals surface area contributed by atoms with Gasteiger partial charge in [0.25, 0.3) is 12.3 Å². The summed E-state index contributed by atoms with van der Waals surface area (Å²) in [5.41, 5.74) is 2.61. The van der Waals surface area contributed by atoms with Gasteiger partial charge in [-0.1, -0.05) is 54.6 Å². The van der Waals surface area contributed by atoms with Crippen LogP contribution in [-0.2, 0) is 4.79 Å². The molecule has 1 amide bonds. The van der Waals surface area contributed by atoms with Crippen molar-refractivity contribution in [3.63, 3.8) is 0 Å². The van der Waals surface area contributed by atoms with Gasteiger partial charge >= 0.3 is 0 Å². The lowest BCUT2D eigenvalue weighted by Crippen LogP contribution is -2.33. The first-order valence-corrected chi connectivity index (χ1v) is 9.45. The van der Waals surface area contributed by atoms with Crippen molar-refractivity contribution in [3.05, 3.63) is 71.5 Å². The predicted octanol–water partition coefficient (Wildman–Crippen LogP) is 4.75. The van der Waals surface area contributed by atoms with E-state index in [2.05, 4.69) is 16.4 Å². The van der Waals surface area contributed by atoms with E-state index in [1.165, 1.54) is 0 Å². The lowest BCUT2D eigenvalue weighted by Gasteiger charge is -2.19. The number of halogens is 2. The zero-order valence-electron chi connectivity index (χ0n) is 14.9. The number of carbonyl (C=O) groups excluding carboxylic acids is 1. The molecule has 1 aromatic carbocycles. The van der Waals surface area contributed by atoms with Crippen LogP contribution in [0.3, 0.4) is 0 Å². The Kier molecular flexibility index (Phi) is 5.01. The minimum absolute atomic E-state index is 0.126. The Morgan fingerprint density at radius 3 is 2.59 bits per heavy atom. The van der Waals surface area contributed by atoms with Gasteiger partial charge < -0.3 is 5.32 Å². The molecule has 27 heavy (non-hydrogen) atoms. The van der Waals surface area contributed by atoms with E-state index in [0.717, 1.165) is 37.0 Å². The number of hydrogen-bond acceptors (Lipinski definition) is 2. The van der Waals surface area contributed by atoms with Gasteiger partial charge in [-0.05, 0) is 42.7 Å². The van der Waals surface area contributed by atoms with Gasteiger partial charge in [-0.2, -0.15) is 0 Å². The van der Waals surface area contributed by atoms with E-state index < -0.39 is 18.4 Å². The minimum atomic E-state index is -2.69. The quantitative estimate of drug-likeness (QED) is 0.801. The second-order valence-electron chi connectivity index (χ2n) is 7.23. The Morgan fingerprint density at radius 2 is 1.89 bits per heavy atom. The normalized spacial score (nSPS) is 25.3. The SMILES string of the molecule is O=C(NC(c1ccccc1)C(F)F)C1=C2/C=C\C=C/CCC2C(C2CC2)=N1. The number of rotatable bonds is 5. The number of fused-ring (bicyclic) bond motifs is 1. The fourth-order valence-electron chi connectivity index (χ4n) is 3.79. The number of carbonyl (C=O) groups is 1. The average molecular weight is 368 g/mol. The molecule has 0 aromatic heterocycles. The number of aliphatic imine (C=N–C) groups is 1. The third-order valence-corrected chi connectivity index (χ3v) is 5.30. The van der Waals surface area contributed by atoms with Crippen LogP contribution in [-0.4, -0.2) is 18.0 Å². The van der Waals surface area contributed by atoms with Crippen LogP contribution in [0, 0.1) is 11.8 Å². The average Bonchev–Trinajstić information content (AvgIpc) is 3.43. The van der Waals surface area contributed by atoms with E-state index >= 15 is 0 Å². The molecule has 3 aliphatic rings. The van der Waals surface area contributed by atoms with Crippen molar-refractivity contribution in [3.8, 4) is 0 Å². The minimum Gasteiger partial charge on any atom is -0.338 e. The fourth-order valence-corrected chi connectivity index (χ4v) is 3.79. The molecule has 2 unspecified atom stereocenters. The van der Waals surface area contributed by atoms with E-state index in [4.69, 9.17) is 0 Å². The summed E-state index contributed by atoms with van der Waals surface area (Å²) < 4.78 is 27.2. The molecule has 140 valence electrons. The molecule has 1 aliphatic heterocycles. The van der Waals surface area contributed by atoms with Crippen LogP contribution in [0.1, 0.15) is 37.3 Å². The molecule has 0 saturated heterocycles. The van der Waals surface area contributed by atoms with E-state index in [-0.39, 0.29) is 5.92 Å². The largest absolute Gasteiger partial charge is 0.338 e. The van der Waals surface area contributed by atoms with Gasteiger partial charge in [-0.25, -0.2) is 8.78 Å². The van der Waals surface area contributed by atoms with Crippen molar-refractivity contribution in [2.75, 3.05) is 0 Å². The molecule has 0 spiro atoms. The zero-order chi connectivity index (χ0) is 18.8. The van der Waals surface area contributed by atoms with Crippen molar-refractivity contribution in [1.29, 1.82) is 0 Å². The van der Waals surface area contributed by atoms with Gasteiger partial charge in [0.2, 0.25) is 0 Å². The highest BCUT2D eigenvalue weighted by Crippen LogP contribution is 2.42. The Hall–Kier alpha value is -2.56. The molecule has 1 saturated carbocycles. The monoisotopic (exact) mass is 368 g/mol. The number of nitrogens with one attached hydrogen (secondary N) is 1. The Labute approximate surface area is 157 Å². The van der Waals surface area contributed by atoms with Crippen LogP contribution in [0.15, 0.2) is 70.9 Å². The van der Waals surface area contributed by atoms with Gasteiger partial charge in [-0.15, -0.1) is 0 Å². The van der Waals surface area contributed by atoms with Crippen molar-refractivity contribution >= 4 is 11.6 Å². The maximum atomic E-state index is 13.6. The summed E-state index contributed by atoms with van der Waals surface area (Å²) in [5.74, 6) is 0.0438. The molecule has 1 aromatic rings. The topological polar surface area (TPSA) is 41.5 Å². The molecule has 3 nitrogen and oxygen atoms in total. The maximum absolute atomic E-state index is 13.6. The molecule has 2 atom stereocenters. The standard InChI is InChI=1S/C22H22F2N2O/c23-21(24)19(14-8-4-3-5-9-14)26-22(27)20-17-11-7-2-1-6-10-16(17)18(25-20)15-12-13-15/h1-5,7-9,11,15-16,19,21H,6,10,12-13H2,(H,26,27)/b2-1-,11-7-. The van der Waals surface area contributed by atoms with Gasteiger partial charge in [0.05, 0.1) is 0 Å². The van der Waals surface area contributed by atoms with E-state index in [1.807, 2.05) is 18.2 Å². The third kappa shape index (κ3) is 3.77. The fraction of sp³-hybridized carbons (Fsp3) is 0.364. The van der Waals surface area contributed by atoms with Crippen LogP contribution >= 0.6 is 0 Å². The van der Waals surface area contributed by atoms with Crippen molar-refractivity contribution in [2.24, 2.45) is 16.8 Å². The number of hydrogen-bond donors (Lipinski definition) is 1. The molecule has 0 radical (unpaired) electrons. The Morgan fingerprint density at radius 1 is 1.11 bits per heavy atom. The molecular formula is C22H22F2N2O. The summed E-state index contributed by atoms with van der Waals surface area (Å²) >= 11 is 0. The number of nitrogens with zero attached hydrogens (tertiary/aromatic N) is 1. The number of amides is 1. The summed E-state index contributed by atoms with van der Waals surface area (Å²) in [6.45, 7) is 0.